The highest BCUT2D eigenvalue weighted by atomic mass is 16.2. The largest absolute Gasteiger partial charge is 0.352 e. The van der Waals surface area contributed by atoms with Crippen molar-refractivity contribution in [3.05, 3.63) is 35.9 Å². The smallest absolute Gasteiger partial charge is 0.312 e. The summed E-state index contributed by atoms with van der Waals surface area (Å²) in [7, 11) is 0. The molecule has 3 amide bonds. The Morgan fingerprint density at radius 2 is 2.05 bits per heavy atom. The van der Waals surface area contributed by atoms with Gasteiger partial charge in [0.25, 0.3) is 0 Å². The molecule has 2 rings (SSSR count). The first-order valence-corrected chi connectivity index (χ1v) is 7.39. The van der Waals surface area contributed by atoms with E-state index in [1.54, 1.807) is 6.92 Å². The second-order valence-corrected chi connectivity index (χ2v) is 5.74. The van der Waals surface area contributed by atoms with Gasteiger partial charge >= 0.3 is 6.03 Å². The predicted molar refractivity (Wildman–Crippen MR) is 81.6 cm³/mol. The molecule has 1 heterocycles. The Bertz CT molecular complexity index is 504. The Morgan fingerprint density at radius 3 is 2.67 bits per heavy atom. The summed E-state index contributed by atoms with van der Waals surface area (Å²) in [6.45, 7) is 4.49. The van der Waals surface area contributed by atoms with Crippen LogP contribution in [-0.2, 0) is 11.2 Å². The van der Waals surface area contributed by atoms with Crippen LogP contribution in [0.3, 0.4) is 0 Å². The fraction of sp³-hybridized carbons (Fsp3) is 0.500. The Hall–Kier alpha value is -2.04. The molecule has 1 aromatic rings. The number of likely N-dealkylation sites (tertiary alicyclic amines) is 1. The molecule has 0 aromatic heterocycles. The molecule has 114 valence electrons. The molecule has 0 spiro atoms. The predicted octanol–water partition coefficient (Wildman–Crippen LogP) is 1.52. The quantitative estimate of drug-likeness (QED) is 0.882. The average Bonchev–Trinajstić information content (AvgIpc) is 2.80. The van der Waals surface area contributed by atoms with E-state index in [2.05, 4.69) is 24.4 Å². The first-order valence-electron chi connectivity index (χ1n) is 7.39. The summed E-state index contributed by atoms with van der Waals surface area (Å²) < 4.78 is 0. The minimum atomic E-state index is -0.663. The minimum Gasteiger partial charge on any atom is -0.352 e. The van der Waals surface area contributed by atoms with Gasteiger partial charge in [0.2, 0.25) is 5.91 Å². The lowest BCUT2D eigenvalue weighted by Gasteiger charge is -2.27. The van der Waals surface area contributed by atoms with Crippen LogP contribution in [0.5, 0.6) is 0 Å². The van der Waals surface area contributed by atoms with Crippen LogP contribution in [0, 0.1) is 5.92 Å². The normalized spacial score (nSPS) is 22.9. The third-order valence-electron chi connectivity index (χ3n) is 4.27. The Balaban J connectivity index is 1.96. The number of benzene rings is 1. The molecule has 5 heteroatoms. The number of carbonyl (C=O) groups is 2. The summed E-state index contributed by atoms with van der Waals surface area (Å²) in [5, 5.41) is 2.45. The number of amides is 3. The third kappa shape index (κ3) is 3.74. The van der Waals surface area contributed by atoms with Crippen LogP contribution in [0.15, 0.2) is 30.3 Å². The van der Waals surface area contributed by atoms with Crippen LogP contribution in [0.1, 0.15) is 25.8 Å². The number of urea groups is 1. The summed E-state index contributed by atoms with van der Waals surface area (Å²) in [6, 6.07) is 9.27. The van der Waals surface area contributed by atoms with Gasteiger partial charge in [-0.1, -0.05) is 30.3 Å². The van der Waals surface area contributed by atoms with E-state index in [1.165, 1.54) is 5.56 Å². The molecule has 1 fully saturated rings. The molecule has 21 heavy (non-hydrogen) atoms. The summed E-state index contributed by atoms with van der Waals surface area (Å²) >= 11 is 0. The maximum atomic E-state index is 12.3. The van der Waals surface area contributed by atoms with Gasteiger partial charge in [-0.05, 0) is 38.2 Å². The van der Waals surface area contributed by atoms with E-state index in [1.807, 2.05) is 23.1 Å². The fourth-order valence-corrected chi connectivity index (χ4v) is 3.03. The van der Waals surface area contributed by atoms with Gasteiger partial charge in [0.05, 0.1) is 0 Å². The molecule has 5 nitrogen and oxygen atoms in total. The summed E-state index contributed by atoms with van der Waals surface area (Å²) in [4.78, 5) is 25.1. The van der Waals surface area contributed by atoms with Crippen molar-refractivity contribution >= 4 is 11.9 Å². The molecular formula is C16H23N3O2. The molecule has 0 saturated carbocycles. The number of hydrogen-bond acceptors (Lipinski definition) is 2. The van der Waals surface area contributed by atoms with E-state index in [0.29, 0.717) is 5.92 Å². The second-order valence-electron chi connectivity index (χ2n) is 5.74. The first-order chi connectivity index (χ1) is 9.99. The highest BCUT2D eigenvalue weighted by Gasteiger charge is 2.35. The van der Waals surface area contributed by atoms with E-state index in [-0.39, 0.29) is 11.9 Å². The number of hydrogen-bond donors (Lipinski definition) is 2. The molecule has 0 aliphatic carbocycles. The lowest BCUT2D eigenvalue weighted by molar-refractivity contribution is -0.133. The summed E-state index contributed by atoms with van der Waals surface area (Å²) in [5.41, 5.74) is 6.37. The number of nitrogens with one attached hydrogen (secondary N) is 1. The standard InChI is InChI=1S/C16H23N3O2/c1-11(18-16(17)21)15(20)19-9-8-14(12(19)2)10-13-6-4-3-5-7-13/h3-7,11-12,14H,8-10H2,1-2H3,(H3,17,18,21)/t11-,12?,14?/m0/s1. The maximum Gasteiger partial charge on any atom is 0.312 e. The monoisotopic (exact) mass is 289 g/mol. The third-order valence-corrected chi connectivity index (χ3v) is 4.27. The van der Waals surface area contributed by atoms with Gasteiger partial charge in [-0.3, -0.25) is 4.79 Å². The van der Waals surface area contributed by atoms with Crippen LogP contribution in [0.4, 0.5) is 4.79 Å². The lowest BCUT2D eigenvalue weighted by atomic mass is 9.93. The van der Waals surface area contributed by atoms with E-state index < -0.39 is 12.1 Å². The van der Waals surface area contributed by atoms with Gasteiger partial charge in [0, 0.05) is 12.6 Å². The topological polar surface area (TPSA) is 75.4 Å². The average molecular weight is 289 g/mol. The Kier molecular flexibility index (Phi) is 4.83. The number of carbonyl (C=O) groups excluding carboxylic acids is 2. The van der Waals surface area contributed by atoms with Crippen LogP contribution >= 0.6 is 0 Å². The van der Waals surface area contributed by atoms with E-state index in [4.69, 9.17) is 5.73 Å². The van der Waals surface area contributed by atoms with Crippen molar-refractivity contribution in [3.8, 4) is 0 Å². The van der Waals surface area contributed by atoms with Crippen molar-refractivity contribution < 1.29 is 9.59 Å². The van der Waals surface area contributed by atoms with Gasteiger partial charge in [0.15, 0.2) is 0 Å². The van der Waals surface area contributed by atoms with Crippen molar-refractivity contribution in [3.63, 3.8) is 0 Å². The molecular weight excluding hydrogens is 266 g/mol. The van der Waals surface area contributed by atoms with Crippen LogP contribution < -0.4 is 11.1 Å². The molecule has 1 aliphatic heterocycles. The Morgan fingerprint density at radius 1 is 1.38 bits per heavy atom. The van der Waals surface area contributed by atoms with Crippen molar-refractivity contribution in [1.29, 1.82) is 0 Å². The Labute approximate surface area is 125 Å². The van der Waals surface area contributed by atoms with Gasteiger partial charge in [-0.2, -0.15) is 0 Å². The van der Waals surface area contributed by atoms with Crippen molar-refractivity contribution in [2.75, 3.05) is 6.54 Å². The zero-order valence-electron chi connectivity index (χ0n) is 12.6. The van der Waals surface area contributed by atoms with Crippen molar-refractivity contribution in [1.82, 2.24) is 10.2 Å². The molecule has 1 aromatic carbocycles. The molecule has 3 atom stereocenters. The van der Waals surface area contributed by atoms with Crippen molar-refractivity contribution in [2.24, 2.45) is 11.7 Å². The molecule has 1 aliphatic rings. The van der Waals surface area contributed by atoms with Gasteiger partial charge in [-0.25, -0.2) is 4.79 Å². The number of primary amides is 1. The van der Waals surface area contributed by atoms with Crippen LogP contribution in [-0.4, -0.2) is 35.5 Å². The summed E-state index contributed by atoms with van der Waals surface area (Å²) in [5.74, 6) is 0.397. The van der Waals surface area contributed by atoms with Gasteiger partial charge < -0.3 is 16.0 Å². The molecule has 0 radical (unpaired) electrons. The molecule has 0 bridgehead atoms. The fourth-order valence-electron chi connectivity index (χ4n) is 3.03. The van der Waals surface area contributed by atoms with Crippen LogP contribution in [0.2, 0.25) is 0 Å². The highest BCUT2D eigenvalue weighted by Crippen LogP contribution is 2.27. The maximum absolute atomic E-state index is 12.3. The van der Waals surface area contributed by atoms with E-state index >= 15 is 0 Å². The summed E-state index contributed by atoms with van der Waals surface area (Å²) in [6.07, 6.45) is 1.97. The highest BCUT2D eigenvalue weighted by molar-refractivity contribution is 5.86. The van der Waals surface area contributed by atoms with Crippen molar-refractivity contribution in [2.45, 2.75) is 38.8 Å². The number of nitrogens with zero attached hydrogens (tertiary/aromatic N) is 1. The second kappa shape index (κ2) is 6.61. The minimum absolute atomic E-state index is 0.0585. The lowest BCUT2D eigenvalue weighted by Crippen LogP contribution is -2.50. The molecule has 2 unspecified atom stereocenters. The number of rotatable bonds is 4. The van der Waals surface area contributed by atoms with E-state index in [9.17, 15) is 9.59 Å². The van der Waals surface area contributed by atoms with Gasteiger partial charge in [0.1, 0.15) is 6.04 Å². The zero-order chi connectivity index (χ0) is 15.4. The molecule has 3 N–H and O–H groups in total. The first kappa shape index (κ1) is 15.4. The van der Waals surface area contributed by atoms with Crippen LogP contribution in [0.25, 0.3) is 0 Å². The zero-order valence-corrected chi connectivity index (χ0v) is 12.6. The SMILES string of the molecule is CC1C(Cc2ccccc2)CCN1C(=O)[C@H](C)NC(N)=O. The van der Waals surface area contributed by atoms with Gasteiger partial charge in [-0.15, -0.1) is 0 Å². The number of nitrogens with two attached hydrogens (primary N) is 1. The molecule has 1 saturated heterocycles. The van der Waals surface area contributed by atoms with E-state index in [0.717, 1.165) is 19.4 Å².